The summed E-state index contributed by atoms with van der Waals surface area (Å²) < 4.78 is 0. The molecule has 0 saturated heterocycles. The SMILES string of the molecule is CC(C)(C)c1cccc(N2c3cc(C(C)(C)C)ccc3B3c4cccc5c4N(c4cc(N6c7ccc(C(C)(C)C)cc7C7(c8ccccc8)CCCCC67C)cc2c43)C2(C)CCCCC52c2ccccc2)c1. The molecule has 0 bridgehead atoms. The van der Waals surface area contributed by atoms with Gasteiger partial charge in [-0.1, -0.05) is 203 Å². The molecule has 6 aliphatic rings. The van der Waals surface area contributed by atoms with Crippen molar-refractivity contribution in [3.63, 3.8) is 0 Å². The molecule has 7 aromatic rings. The fourth-order valence-electron chi connectivity index (χ4n) is 15.9. The first-order valence-electron chi connectivity index (χ1n) is 27.6. The summed E-state index contributed by atoms with van der Waals surface area (Å²) in [4.78, 5) is 8.56. The highest BCUT2D eigenvalue weighted by molar-refractivity contribution is 7.00. The molecule has 0 spiro atoms. The molecule has 2 saturated carbocycles. The van der Waals surface area contributed by atoms with Crippen LogP contribution in [0.5, 0.6) is 0 Å². The van der Waals surface area contributed by atoms with Crippen molar-refractivity contribution in [3.8, 4) is 0 Å². The van der Waals surface area contributed by atoms with E-state index in [0.29, 0.717) is 0 Å². The zero-order valence-electron chi connectivity index (χ0n) is 45.0. The number of rotatable bonds is 4. The summed E-state index contributed by atoms with van der Waals surface area (Å²) in [6.45, 7) is 26.7. The van der Waals surface area contributed by atoms with Gasteiger partial charge in [0.1, 0.15) is 0 Å². The molecule has 2 fully saturated rings. The van der Waals surface area contributed by atoms with Crippen LogP contribution < -0.4 is 31.1 Å². The van der Waals surface area contributed by atoms with Gasteiger partial charge in [0, 0.05) is 50.6 Å². The molecule has 7 aromatic carbocycles. The second-order valence-electron chi connectivity index (χ2n) is 26.4. The summed E-state index contributed by atoms with van der Waals surface area (Å²) in [7, 11) is 0. The van der Waals surface area contributed by atoms with Crippen molar-refractivity contribution in [2.45, 2.75) is 166 Å². The predicted molar refractivity (Wildman–Crippen MR) is 307 cm³/mol. The van der Waals surface area contributed by atoms with Gasteiger partial charge in [0.2, 0.25) is 0 Å². The Kier molecular flexibility index (Phi) is 9.73. The summed E-state index contributed by atoms with van der Waals surface area (Å²) >= 11 is 0. The van der Waals surface area contributed by atoms with E-state index in [1.807, 2.05) is 0 Å². The van der Waals surface area contributed by atoms with E-state index >= 15 is 0 Å². The Bertz CT molecular complexity index is 3330. The van der Waals surface area contributed by atoms with E-state index in [9.17, 15) is 0 Å². The Labute approximate surface area is 431 Å². The van der Waals surface area contributed by atoms with Crippen LogP contribution in [-0.4, -0.2) is 17.8 Å². The minimum absolute atomic E-state index is 0.0132. The monoisotopic (exact) mass is 944 g/mol. The first-order valence-corrected chi connectivity index (χ1v) is 27.6. The third-order valence-electron chi connectivity index (χ3n) is 19.5. The van der Waals surface area contributed by atoms with Crippen LogP contribution in [0.3, 0.4) is 0 Å². The maximum absolute atomic E-state index is 2.95. The molecule has 364 valence electrons. The first-order chi connectivity index (χ1) is 34.3. The Morgan fingerprint density at radius 3 is 1.58 bits per heavy atom. The number of anilines is 7. The summed E-state index contributed by atoms with van der Waals surface area (Å²) in [6, 6.07) is 60.9. The van der Waals surface area contributed by atoms with Gasteiger partial charge in [-0.05, 0) is 148 Å². The molecule has 4 heterocycles. The van der Waals surface area contributed by atoms with Gasteiger partial charge in [-0.25, -0.2) is 0 Å². The van der Waals surface area contributed by atoms with Crippen LogP contribution >= 0.6 is 0 Å². The van der Waals surface area contributed by atoms with E-state index in [2.05, 4.69) is 243 Å². The number of fused-ring (bicyclic) bond motifs is 10. The third-order valence-corrected chi connectivity index (χ3v) is 19.5. The first kappa shape index (κ1) is 45.8. The van der Waals surface area contributed by atoms with Gasteiger partial charge in [-0.3, -0.25) is 0 Å². The lowest BCUT2D eigenvalue weighted by atomic mass is 9.33. The van der Waals surface area contributed by atoms with Gasteiger partial charge < -0.3 is 14.7 Å². The summed E-state index contributed by atoms with van der Waals surface area (Å²) in [5, 5.41) is 0. The van der Waals surface area contributed by atoms with Crippen molar-refractivity contribution in [1.29, 1.82) is 0 Å². The highest BCUT2D eigenvalue weighted by Crippen LogP contribution is 2.67. The van der Waals surface area contributed by atoms with Crippen LogP contribution in [0.2, 0.25) is 0 Å². The number of nitrogens with zero attached hydrogens (tertiary/aromatic N) is 3. The van der Waals surface area contributed by atoms with Gasteiger partial charge in [0.25, 0.3) is 6.71 Å². The van der Waals surface area contributed by atoms with E-state index < -0.39 is 0 Å². The van der Waals surface area contributed by atoms with Crippen LogP contribution in [-0.2, 0) is 27.1 Å². The Morgan fingerprint density at radius 2 is 0.944 bits per heavy atom. The molecule has 0 aromatic heterocycles. The lowest BCUT2D eigenvalue weighted by Gasteiger charge is -2.55. The average molecular weight is 944 g/mol. The van der Waals surface area contributed by atoms with E-state index in [0.717, 1.165) is 25.7 Å². The molecular formula is C68H74BN3. The van der Waals surface area contributed by atoms with Gasteiger partial charge in [0.05, 0.1) is 11.1 Å². The minimum atomic E-state index is -0.236. The van der Waals surface area contributed by atoms with Crippen molar-refractivity contribution >= 4 is 62.9 Å². The summed E-state index contributed by atoms with van der Waals surface area (Å²) in [5.74, 6) is 0. The fraction of sp³-hybridized carbons (Fsp3) is 0.382. The van der Waals surface area contributed by atoms with Crippen molar-refractivity contribution in [3.05, 3.63) is 191 Å². The molecule has 0 N–H and O–H groups in total. The van der Waals surface area contributed by atoms with E-state index in [1.54, 1.807) is 0 Å². The van der Waals surface area contributed by atoms with Gasteiger partial charge in [-0.15, -0.1) is 0 Å². The maximum atomic E-state index is 2.95. The Balaban J connectivity index is 1.17. The third kappa shape index (κ3) is 5.99. The number of hydrogen-bond acceptors (Lipinski definition) is 3. The molecule has 2 aliphatic carbocycles. The van der Waals surface area contributed by atoms with Gasteiger partial charge in [0.15, 0.2) is 0 Å². The lowest BCUT2D eigenvalue weighted by Crippen LogP contribution is -2.65. The number of para-hydroxylation sites is 1. The minimum Gasteiger partial charge on any atom is -0.335 e. The molecule has 13 rings (SSSR count). The quantitative estimate of drug-likeness (QED) is 0.163. The molecule has 4 unspecified atom stereocenters. The van der Waals surface area contributed by atoms with Crippen LogP contribution in [0.15, 0.2) is 152 Å². The number of hydrogen-bond donors (Lipinski definition) is 0. The summed E-state index contributed by atoms with van der Waals surface area (Å²) in [5.41, 5.74) is 22.9. The van der Waals surface area contributed by atoms with E-state index in [4.69, 9.17) is 0 Å². The maximum Gasteiger partial charge on any atom is 0.252 e. The smallest absolute Gasteiger partial charge is 0.252 e. The predicted octanol–water partition coefficient (Wildman–Crippen LogP) is 15.7. The molecule has 72 heavy (non-hydrogen) atoms. The molecule has 4 aliphatic heterocycles. The van der Waals surface area contributed by atoms with Crippen molar-refractivity contribution < 1.29 is 0 Å². The van der Waals surface area contributed by atoms with Crippen LogP contribution in [0.4, 0.5) is 39.8 Å². The van der Waals surface area contributed by atoms with E-state index in [1.165, 1.54) is 121 Å². The Hall–Kier alpha value is -6.00. The van der Waals surface area contributed by atoms with Crippen LogP contribution in [0.1, 0.15) is 166 Å². The Morgan fingerprint density at radius 1 is 0.403 bits per heavy atom. The van der Waals surface area contributed by atoms with Crippen molar-refractivity contribution in [2.75, 3.05) is 14.7 Å². The molecule has 0 amide bonds. The lowest BCUT2D eigenvalue weighted by molar-refractivity contribution is 0.214. The standard InChI is InChI=1S/C68H74BN3/c1-62(2,3)47-28-22-29-50(40-47)70-57-42-49(64(7,8)9)32-34-54(57)69-55-31-23-30-52-61(55)72(66(11)37-19-20-38-67(52,66)45-24-14-12-15-25-45)59-44-51(43-58(70)60(59)69)71-56-35-33-48(63(4,5)6)41-53(56)68(46-26-16-13-17-27-46)39-21-18-36-65(68,71)10/h12-17,22-35,40-44H,18-21,36-39H2,1-11H3. The second-order valence-corrected chi connectivity index (χ2v) is 26.4. The van der Waals surface area contributed by atoms with Gasteiger partial charge >= 0.3 is 0 Å². The molecule has 3 nitrogen and oxygen atoms in total. The van der Waals surface area contributed by atoms with Crippen molar-refractivity contribution in [1.82, 2.24) is 0 Å². The second kappa shape index (κ2) is 15.3. The fourth-order valence-corrected chi connectivity index (χ4v) is 15.9. The molecule has 4 heteroatoms. The topological polar surface area (TPSA) is 9.72 Å². The molecule has 0 radical (unpaired) electrons. The highest BCUT2D eigenvalue weighted by Gasteiger charge is 2.65. The molecular weight excluding hydrogens is 870 g/mol. The largest absolute Gasteiger partial charge is 0.335 e. The van der Waals surface area contributed by atoms with Crippen LogP contribution in [0.25, 0.3) is 0 Å². The van der Waals surface area contributed by atoms with E-state index in [-0.39, 0.29) is 44.9 Å². The van der Waals surface area contributed by atoms with Crippen LogP contribution in [0, 0.1) is 0 Å². The molecule has 4 atom stereocenters. The zero-order chi connectivity index (χ0) is 50.0. The average Bonchev–Trinajstić information content (AvgIpc) is 3.75. The van der Waals surface area contributed by atoms with Gasteiger partial charge in [-0.2, -0.15) is 0 Å². The van der Waals surface area contributed by atoms with Crippen molar-refractivity contribution in [2.24, 2.45) is 0 Å². The summed E-state index contributed by atoms with van der Waals surface area (Å²) in [6.07, 6.45) is 9.35. The number of benzene rings is 7. The zero-order valence-corrected chi connectivity index (χ0v) is 45.0. The highest BCUT2D eigenvalue weighted by atomic mass is 15.3. The normalized spacial score (nSPS) is 24.8.